The lowest BCUT2D eigenvalue weighted by atomic mass is 9.55. The van der Waals surface area contributed by atoms with Crippen molar-refractivity contribution in [3.8, 4) is 11.5 Å². The van der Waals surface area contributed by atoms with E-state index < -0.39 is 30.0 Å². The maximum Gasteiger partial charge on any atom is 0.355 e. The Morgan fingerprint density at radius 1 is 1.13 bits per heavy atom. The molecule has 7 unspecified atom stereocenters. The summed E-state index contributed by atoms with van der Waals surface area (Å²) in [6.07, 6.45) is 9.71. The number of carboxylic acid groups (broad SMARTS) is 1. The van der Waals surface area contributed by atoms with E-state index in [2.05, 4.69) is 21.5 Å². The Balaban J connectivity index is 1.53. The predicted octanol–water partition coefficient (Wildman–Crippen LogP) is 3.50. The quantitative estimate of drug-likeness (QED) is 0.171. The summed E-state index contributed by atoms with van der Waals surface area (Å²) in [5.74, 6) is -3.83. The predicted molar refractivity (Wildman–Crippen MR) is 160 cm³/mol. The average Bonchev–Trinajstić information content (AvgIpc) is 3.52. The number of aromatic nitrogens is 3. The molecule has 13 heteroatoms. The highest BCUT2D eigenvalue weighted by Crippen LogP contribution is 2.62. The van der Waals surface area contributed by atoms with Gasteiger partial charge in [-0.05, 0) is 74.1 Å². The number of hydrogen-bond donors (Lipinski definition) is 5. The summed E-state index contributed by atoms with van der Waals surface area (Å²) < 4.78 is 13.4. The standard InChI is InChI=1S/C32H42N4O9/c37-12-4-1-7-19-15-22-24(34-45-28-9-3-6-14-43-28)17-27(36-25(31(40)41)18-33-35-36)32(42)30(22)29(21(19)8-2-5-13-38)23-16-20(39)10-11-26(23)44-32/h10-11,15-16,18-19,21,27-30,37-39,42H,1-9,12-14,17H2,(H,40,41). The van der Waals surface area contributed by atoms with Gasteiger partial charge in [-0.1, -0.05) is 29.3 Å². The normalized spacial score (nSPS) is 31.4. The Labute approximate surface area is 261 Å². The van der Waals surface area contributed by atoms with E-state index in [1.807, 2.05) is 0 Å². The van der Waals surface area contributed by atoms with E-state index >= 15 is 0 Å². The lowest BCUT2D eigenvalue weighted by Crippen LogP contribution is -2.62. The van der Waals surface area contributed by atoms with Crippen molar-refractivity contribution in [3.63, 3.8) is 0 Å². The number of aromatic carboxylic acids is 1. The van der Waals surface area contributed by atoms with Crippen molar-refractivity contribution in [3.05, 3.63) is 47.3 Å². The summed E-state index contributed by atoms with van der Waals surface area (Å²) in [4.78, 5) is 18.2. The van der Waals surface area contributed by atoms with Crippen LogP contribution in [0.4, 0.5) is 0 Å². The molecule has 0 radical (unpaired) electrons. The number of benzene rings is 1. The Kier molecular flexibility index (Phi) is 9.41. The number of unbranched alkanes of at least 4 members (excludes halogenated alkanes) is 2. The highest BCUT2D eigenvalue weighted by molar-refractivity contribution is 6.02. The van der Waals surface area contributed by atoms with Crippen LogP contribution in [0.1, 0.15) is 92.2 Å². The third kappa shape index (κ3) is 6.06. The van der Waals surface area contributed by atoms with E-state index in [1.54, 1.807) is 12.1 Å². The van der Waals surface area contributed by atoms with Crippen molar-refractivity contribution < 1.29 is 44.6 Å². The van der Waals surface area contributed by atoms with Crippen molar-refractivity contribution in [2.24, 2.45) is 22.9 Å². The Morgan fingerprint density at radius 3 is 2.67 bits per heavy atom. The fourth-order valence-electron chi connectivity index (χ4n) is 7.75. The summed E-state index contributed by atoms with van der Waals surface area (Å²) in [5.41, 5.74) is 1.82. The second-order valence-electron chi connectivity index (χ2n) is 12.5. The van der Waals surface area contributed by atoms with E-state index in [0.717, 1.165) is 55.9 Å². The SMILES string of the molecule is O=C(O)c1cnnn1C1CC(=NOC2CCCCO2)C2=CC(CCCCO)C(CCCCO)C3c4cc(O)ccc4OC1(O)C23. The largest absolute Gasteiger partial charge is 0.508 e. The number of ether oxygens (including phenoxy) is 2. The summed E-state index contributed by atoms with van der Waals surface area (Å²) >= 11 is 0. The first-order valence-corrected chi connectivity index (χ1v) is 16.0. The van der Waals surface area contributed by atoms with Crippen molar-refractivity contribution >= 4 is 11.7 Å². The zero-order valence-electron chi connectivity index (χ0n) is 25.2. The van der Waals surface area contributed by atoms with Gasteiger partial charge in [0, 0.05) is 37.5 Å². The monoisotopic (exact) mass is 626 g/mol. The van der Waals surface area contributed by atoms with Crippen molar-refractivity contribution in [1.82, 2.24) is 15.0 Å². The fraction of sp³-hybridized carbons (Fsp3) is 0.625. The topological polar surface area (TPSA) is 189 Å². The van der Waals surface area contributed by atoms with Crippen molar-refractivity contribution in [1.29, 1.82) is 0 Å². The Bertz CT molecular complexity index is 1420. The molecule has 1 aromatic heterocycles. The molecular weight excluding hydrogens is 584 g/mol. The van der Waals surface area contributed by atoms with Crippen molar-refractivity contribution in [2.75, 3.05) is 19.8 Å². The van der Waals surface area contributed by atoms with Crippen LogP contribution >= 0.6 is 0 Å². The average molecular weight is 627 g/mol. The molecule has 1 aromatic carbocycles. The number of aliphatic hydroxyl groups is 3. The van der Waals surface area contributed by atoms with E-state index in [4.69, 9.17) is 14.3 Å². The molecule has 2 fully saturated rings. The fourth-order valence-corrected chi connectivity index (χ4v) is 7.75. The van der Waals surface area contributed by atoms with Crippen LogP contribution < -0.4 is 4.74 Å². The molecule has 3 heterocycles. The number of allylic oxidation sites excluding steroid dienone is 1. The molecule has 0 amide bonds. The molecule has 1 saturated heterocycles. The molecule has 2 aliphatic carbocycles. The number of hydrogen-bond acceptors (Lipinski definition) is 11. The zero-order valence-corrected chi connectivity index (χ0v) is 25.2. The van der Waals surface area contributed by atoms with E-state index in [0.29, 0.717) is 37.3 Å². The van der Waals surface area contributed by atoms with Gasteiger partial charge in [-0.3, -0.25) is 0 Å². The molecule has 5 N–H and O–H groups in total. The molecule has 244 valence electrons. The molecule has 0 spiro atoms. The number of oxime groups is 1. The summed E-state index contributed by atoms with van der Waals surface area (Å²) in [6.45, 7) is 0.719. The molecule has 13 nitrogen and oxygen atoms in total. The van der Waals surface area contributed by atoms with Crippen molar-refractivity contribution in [2.45, 2.75) is 88.2 Å². The lowest BCUT2D eigenvalue weighted by molar-refractivity contribution is -0.225. The molecule has 0 bridgehead atoms. The molecule has 6 rings (SSSR count). The molecule has 7 atom stereocenters. The third-order valence-electron chi connectivity index (χ3n) is 9.77. The minimum absolute atomic E-state index is 0.0256. The van der Waals surface area contributed by atoms with Crippen LogP contribution in [-0.4, -0.2) is 84.1 Å². The van der Waals surface area contributed by atoms with Gasteiger partial charge in [-0.15, -0.1) is 5.10 Å². The van der Waals surface area contributed by atoms with Crippen LogP contribution in [0, 0.1) is 17.8 Å². The molecule has 4 aliphatic rings. The van der Waals surface area contributed by atoms with Crippen LogP contribution in [0.5, 0.6) is 11.5 Å². The summed E-state index contributed by atoms with van der Waals surface area (Å²) in [6, 6.07) is 3.78. The van der Waals surface area contributed by atoms with Gasteiger partial charge >= 0.3 is 5.97 Å². The van der Waals surface area contributed by atoms with Crippen LogP contribution in [0.15, 0.2) is 41.2 Å². The number of rotatable bonds is 12. The van der Waals surface area contributed by atoms with Crippen LogP contribution in [0.3, 0.4) is 0 Å². The maximum atomic E-state index is 12.8. The first kappa shape index (κ1) is 31.5. The molecular formula is C32H42N4O9. The third-order valence-corrected chi connectivity index (χ3v) is 9.77. The molecule has 45 heavy (non-hydrogen) atoms. The van der Waals surface area contributed by atoms with Gasteiger partial charge in [-0.25, -0.2) is 9.48 Å². The van der Waals surface area contributed by atoms with Gasteiger partial charge < -0.3 is 39.8 Å². The van der Waals surface area contributed by atoms with Crippen LogP contribution in [-0.2, 0) is 9.57 Å². The summed E-state index contributed by atoms with van der Waals surface area (Å²) in [7, 11) is 0. The number of carboxylic acids is 1. The highest BCUT2D eigenvalue weighted by Gasteiger charge is 2.63. The number of aliphatic hydroxyl groups excluding tert-OH is 2. The first-order valence-electron chi connectivity index (χ1n) is 16.0. The molecule has 2 aliphatic heterocycles. The molecule has 1 saturated carbocycles. The van der Waals surface area contributed by atoms with Gasteiger partial charge in [0.1, 0.15) is 17.5 Å². The van der Waals surface area contributed by atoms with Gasteiger partial charge in [0.25, 0.3) is 0 Å². The lowest BCUT2D eigenvalue weighted by Gasteiger charge is -2.56. The minimum atomic E-state index is -1.95. The number of phenols is 1. The van der Waals surface area contributed by atoms with E-state index in [9.17, 15) is 30.3 Å². The van der Waals surface area contributed by atoms with E-state index in [-0.39, 0.29) is 48.8 Å². The van der Waals surface area contributed by atoms with Gasteiger partial charge in [0.2, 0.25) is 12.1 Å². The van der Waals surface area contributed by atoms with Crippen LogP contribution in [0.2, 0.25) is 0 Å². The first-order chi connectivity index (χ1) is 21.9. The Morgan fingerprint density at radius 2 is 1.93 bits per heavy atom. The summed E-state index contributed by atoms with van der Waals surface area (Å²) in [5, 5.41) is 65.1. The Hall–Kier alpha value is -3.52. The smallest absolute Gasteiger partial charge is 0.355 e. The molecule has 2 aromatic rings. The number of nitrogens with zero attached hydrogens (tertiary/aromatic N) is 4. The number of carbonyl (C=O) groups is 1. The number of aromatic hydroxyl groups is 1. The zero-order chi connectivity index (χ0) is 31.6. The minimum Gasteiger partial charge on any atom is -0.508 e. The number of fused-ring (bicyclic) bond motifs is 2. The second kappa shape index (κ2) is 13.5. The number of phenolic OH excluding ortho intramolecular Hbond substituents is 1. The van der Waals surface area contributed by atoms with Gasteiger partial charge in [0.05, 0.1) is 24.4 Å². The maximum absolute atomic E-state index is 12.8. The van der Waals surface area contributed by atoms with E-state index in [1.165, 1.54) is 10.7 Å². The second-order valence-corrected chi connectivity index (χ2v) is 12.5. The van der Waals surface area contributed by atoms with Gasteiger partial charge in [0.15, 0.2) is 5.69 Å². The van der Waals surface area contributed by atoms with Gasteiger partial charge in [-0.2, -0.15) is 0 Å². The highest BCUT2D eigenvalue weighted by atomic mass is 16.8. The van der Waals surface area contributed by atoms with Crippen LogP contribution in [0.25, 0.3) is 0 Å².